The first-order chi connectivity index (χ1) is 5.72. The maximum absolute atomic E-state index is 6.11. The molecule has 0 aliphatic heterocycles. The van der Waals surface area contributed by atoms with Crippen LogP contribution in [0.2, 0.25) is 0 Å². The molecule has 2 N–H and O–H groups in total. The van der Waals surface area contributed by atoms with Crippen LogP contribution in [0.5, 0.6) is 0 Å². The van der Waals surface area contributed by atoms with E-state index in [1.807, 2.05) is 0 Å². The predicted octanol–water partition coefficient (Wildman–Crippen LogP) is 1.60. The Morgan fingerprint density at radius 3 is 2.17 bits per heavy atom. The summed E-state index contributed by atoms with van der Waals surface area (Å²) in [5.74, 6) is 0. The molecule has 2 atom stereocenters. The van der Waals surface area contributed by atoms with Crippen LogP contribution in [0, 0.1) is 0 Å². The standard InChI is InChI=1S/C10H22N2/c1-12(2)10-8-6-4-3-5-7-9(10)11/h9-10H,3-8,11H2,1-2H3. The van der Waals surface area contributed by atoms with Gasteiger partial charge in [0.25, 0.3) is 0 Å². The highest BCUT2D eigenvalue weighted by molar-refractivity contribution is 4.80. The van der Waals surface area contributed by atoms with E-state index in [9.17, 15) is 0 Å². The summed E-state index contributed by atoms with van der Waals surface area (Å²) in [6.45, 7) is 0. The van der Waals surface area contributed by atoms with Crippen molar-refractivity contribution < 1.29 is 0 Å². The van der Waals surface area contributed by atoms with Gasteiger partial charge in [-0.1, -0.05) is 25.7 Å². The second-order valence-electron chi connectivity index (χ2n) is 4.19. The predicted molar refractivity (Wildman–Crippen MR) is 53.2 cm³/mol. The van der Waals surface area contributed by atoms with Crippen molar-refractivity contribution in [2.45, 2.75) is 50.6 Å². The number of hydrogen-bond acceptors (Lipinski definition) is 2. The fourth-order valence-corrected chi connectivity index (χ4v) is 2.13. The number of hydrogen-bond donors (Lipinski definition) is 1. The maximum atomic E-state index is 6.11. The fourth-order valence-electron chi connectivity index (χ4n) is 2.13. The Labute approximate surface area is 76.1 Å². The fraction of sp³-hybridized carbons (Fsp3) is 1.00. The Morgan fingerprint density at radius 1 is 1.00 bits per heavy atom. The summed E-state index contributed by atoms with van der Waals surface area (Å²) >= 11 is 0. The minimum atomic E-state index is 0.403. The van der Waals surface area contributed by atoms with Gasteiger partial charge in [-0.25, -0.2) is 0 Å². The van der Waals surface area contributed by atoms with Crippen LogP contribution >= 0.6 is 0 Å². The molecular weight excluding hydrogens is 148 g/mol. The second-order valence-corrected chi connectivity index (χ2v) is 4.19. The van der Waals surface area contributed by atoms with Crippen LogP contribution in [0.3, 0.4) is 0 Å². The average molecular weight is 170 g/mol. The van der Waals surface area contributed by atoms with Crippen LogP contribution in [0.25, 0.3) is 0 Å². The highest BCUT2D eigenvalue weighted by Crippen LogP contribution is 2.18. The molecule has 12 heavy (non-hydrogen) atoms. The van der Waals surface area contributed by atoms with Crippen molar-refractivity contribution in [3.05, 3.63) is 0 Å². The number of likely N-dealkylation sites (N-methyl/N-ethyl adjacent to an activating group) is 1. The monoisotopic (exact) mass is 170 g/mol. The molecule has 2 unspecified atom stereocenters. The van der Waals surface area contributed by atoms with Crippen LogP contribution in [-0.2, 0) is 0 Å². The van der Waals surface area contributed by atoms with Crippen molar-refractivity contribution in [1.29, 1.82) is 0 Å². The van der Waals surface area contributed by atoms with Crippen molar-refractivity contribution >= 4 is 0 Å². The summed E-state index contributed by atoms with van der Waals surface area (Å²) < 4.78 is 0. The Balaban J connectivity index is 2.43. The van der Waals surface area contributed by atoms with E-state index in [2.05, 4.69) is 19.0 Å². The van der Waals surface area contributed by atoms with E-state index in [0.717, 1.165) is 0 Å². The lowest BCUT2D eigenvalue weighted by Crippen LogP contribution is -2.44. The van der Waals surface area contributed by atoms with Gasteiger partial charge in [0.05, 0.1) is 0 Å². The van der Waals surface area contributed by atoms with Crippen molar-refractivity contribution in [1.82, 2.24) is 4.90 Å². The van der Waals surface area contributed by atoms with Gasteiger partial charge in [-0.05, 0) is 26.9 Å². The first-order valence-electron chi connectivity index (χ1n) is 5.14. The van der Waals surface area contributed by atoms with Gasteiger partial charge >= 0.3 is 0 Å². The van der Waals surface area contributed by atoms with E-state index in [0.29, 0.717) is 12.1 Å². The van der Waals surface area contributed by atoms with Crippen LogP contribution in [0.4, 0.5) is 0 Å². The molecule has 1 rings (SSSR count). The third-order valence-corrected chi connectivity index (χ3v) is 2.94. The second kappa shape index (κ2) is 4.83. The molecule has 0 radical (unpaired) electrons. The smallest absolute Gasteiger partial charge is 0.0241 e. The maximum Gasteiger partial charge on any atom is 0.0241 e. The molecule has 1 saturated carbocycles. The van der Waals surface area contributed by atoms with Crippen molar-refractivity contribution in [2.24, 2.45) is 5.73 Å². The third-order valence-electron chi connectivity index (χ3n) is 2.94. The topological polar surface area (TPSA) is 29.3 Å². The molecule has 2 nitrogen and oxygen atoms in total. The first kappa shape index (κ1) is 10.0. The Bertz CT molecular complexity index is 123. The van der Waals surface area contributed by atoms with Gasteiger partial charge in [0.1, 0.15) is 0 Å². The largest absolute Gasteiger partial charge is 0.326 e. The molecule has 72 valence electrons. The first-order valence-corrected chi connectivity index (χ1v) is 5.14. The molecule has 2 heteroatoms. The zero-order valence-corrected chi connectivity index (χ0v) is 8.42. The molecule has 0 spiro atoms. The molecule has 0 heterocycles. The van der Waals surface area contributed by atoms with Crippen molar-refractivity contribution in [3.63, 3.8) is 0 Å². The highest BCUT2D eigenvalue weighted by Gasteiger charge is 2.20. The SMILES string of the molecule is CN(C)C1CCCCCCC1N. The molecule has 0 bridgehead atoms. The normalized spacial score (nSPS) is 33.0. The van der Waals surface area contributed by atoms with Crippen LogP contribution in [-0.4, -0.2) is 31.1 Å². The summed E-state index contributed by atoms with van der Waals surface area (Å²) in [4.78, 5) is 2.29. The van der Waals surface area contributed by atoms with E-state index in [1.165, 1.54) is 38.5 Å². The van der Waals surface area contributed by atoms with E-state index in [1.54, 1.807) is 0 Å². The van der Waals surface area contributed by atoms with Crippen molar-refractivity contribution in [3.8, 4) is 0 Å². The molecular formula is C10H22N2. The number of rotatable bonds is 1. The highest BCUT2D eigenvalue weighted by atomic mass is 15.1. The lowest BCUT2D eigenvalue weighted by atomic mass is 9.92. The molecule has 1 aliphatic rings. The Hall–Kier alpha value is -0.0800. The lowest BCUT2D eigenvalue weighted by molar-refractivity contribution is 0.216. The number of nitrogens with zero attached hydrogens (tertiary/aromatic N) is 1. The van der Waals surface area contributed by atoms with Gasteiger partial charge in [-0.2, -0.15) is 0 Å². The minimum absolute atomic E-state index is 0.403. The quantitative estimate of drug-likeness (QED) is 0.647. The van der Waals surface area contributed by atoms with E-state index in [4.69, 9.17) is 5.73 Å². The molecule has 0 amide bonds. The van der Waals surface area contributed by atoms with Gasteiger partial charge in [0.2, 0.25) is 0 Å². The summed E-state index contributed by atoms with van der Waals surface area (Å²) in [6.07, 6.45) is 7.96. The van der Waals surface area contributed by atoms with Crippen LogP contribution in [0.1, 0.15) is 38.5 Å². The molecule has 1 fully saturated rings. The minimum Gasteiger partial charge on any atom is -0.326 e. The summed E-state index contributed by atoms with van der Waals surface area (Å²) in [6, 6.07) is 1.02. The molecule has 0 aromatic rings. The third kappa shape index (κ3) is 2.76. The summed E-state index contributed by atoms with van der Waals surface area (Å²) in [7, 11) is 4.29. The van der Waals surface area contributed by atoms with Gasteiger partial charge in [-0.15, -0.1) is 0 Å². The molecule has 1 aliphatic carbocycles. The van der Waals surface area contributed by atoms with Crippen LogP contribution < -0.4 is 5.73 Å². The zero-order chi connectivity index (χ0) is 8.97. The van der Waals surface area contributed by atoms with Gasteiger partial charge < -0.3 is 10.6 Å². The van der Waals surface area contributed by atoms with E-state index in [-0.39, 0.29) is 0 Å². The number of nitrogens with two attached hydrogens (primary N) is 1. The van der Waals surface area contributed by atoms with E-state index < -0.39 is 0 Å². The summed E-state index contributed by atoms with van der Waals surface area (Å²) in [5.41, 5.74) is 6.11. The zero-order valence-electron chi connectivity index (χ0n) is 8.42. The summed E-state index contributed by atoms with van der Waals surface area (Å²) in [5, 5.41) is 0. The molecule has 0 saturated heterocycles. The van der Waals surface area contributed by atoms with Gasteiger partial charge in [-0.3, -0.25) is 0 Å². The lowest BCUT2D eigenvalue weighted by Gasteiger charge is -2.31. The van der Waals surface area contributed by atoms with Gasteiger partial charge in [0.15, 0.2) is 0 Å². The Kier molecular flexibility index (Phi) is 4.02. The van der Waals surface area contributed by atoms with Crippen LogP contribution in [0.15, 0.2) is 0 Å². The molecule has 0 aromatic carbocycles. The molecule has 0 aromatic heterocycles. The van der Waals surface area contributed by atoms with E-state index >= 15 is 0 Å². The Morgan fingerprint density at radius 2 is 1.58 bits per heavy atom. The van der Waals surface area contributed by atoms with Gasteiger partial charge in [0, 0.05) is 12.1 Å². The average Bonchev–Trinajstić information content (AvgIpc) is 1.96. The van der Waals surface area contributed by atoms with Crippen molar-refractivity contribution in [2.75, 3.05) is 14.1 Å².